The molecule has 7 nitrogen and oxygen atoms in total. The van der Waals surface area contributed by atoms with Crippen LogP contribution in [0.25, 0.3) is 0 Å². The number of hydrogen-bond acceptors (Lipinski definition) is 4. The van der Waals surface area contributed by atoms with Gasteiger partial charge in [-0.1, -0.05) is 12.1 Å². The van der Waals surface area contributed by atoms with Gasteiger partial charge in [0.05, 0.1) is 23.8 Å². The van der Waals surface area contributed by atoms with Crippen molar-refractivity contribution < 1.29 is 14.1 Å². The molecule has 0 aliphatic heterocycles. The summed E-state index contributed by atoms with van der Waals surface area (Å²) in [5.74, 6) is 0.681. The first-order valence-corrected chi connectivity index (χ1v) is 6.75. The molecule has 2 rings (SSSR count). The van der Waals surface area contributed by atoms with Crippen LogP contribution in [0, 0.1) is 10.1 Å². The number of nitro groups is 1. The summed E-state index contributed by atoms with van der Waals surface area (Å²) in [4.78, 5) is 23.9. The predicted octanol–water partition coefficient (Wildman–Crippen LogP) is 3.09. The van der Waals surface area contributed by atoms with Crippen molar-refractivity contribution in [1.82, 2.24) is 10.2 Å². The Hall–Kier alpha value is -2.83. The fourth-order valence-electron chi connectivity index (χ4n) is 1.99. The molecule has 2 aromatic rings. The second kappa shape index (κ2) is 6.75. The van der Waals surface area contributed by atoms with Crippen LogP contribution in [0.15, 0.2) is 47.1 Å². The van der Waals surface area contributed by atoms with E-state index in [0.717, 1.165) is 0 Å². The third kappa shape index (κ3) is 3.85. The van der Waals surface area contributed by atoms with Crippen LogP contribution in [0.4, 0.5) is 10.5 Å². The second-order valence-corrected chi connectivity index (χ2v) is 4.96. The summed E-state index contributed by atoms with van der Waals surface area (Å²) < 4.78 is 5.19. The smallest absolute Gasteiger partial charge is 0.318 e. The molecule has 1 aromatic heterocycles. The monoisotopic (exact) mass is 303 g/mol. The van der Waals surface area contributed by atoms with E-state index >= 15 is 0 Å². The molecule has 0 bridgehead atoms. The Morgan fingerprint density at radius 3 is 2.82 bits per heavy atom. The molecule has 0 radical (unpaired) electrons. The summed E-state index contributed by atoms with van der Waals surface area (Å²) in [6, 6.07) is 9.13. The van der Waals surface area contributed by atoms with E-state index in [1.165, 1.54) is 17.0 Å². The number of carbonyl (C=O) groups excluding carboxylic acids is 1. The van der Waals surface area contributed by atoms with Crippen molar-refractivity contribution in [1.29, 1.82) is 0 Å². The molecule has 0 aliphatic rings. The number of rotatable bonds is 5. The van der Waals surface area contributed by atoms with Crippen LogP contribution in [0.1, 0.15) is 24.3 Å². The number of nitrogens with zero attached hydrogens (tertiary/aromatic N) is 2. The zero-order valence-electron chi connectivity index (χ0n) is 12.4. The highest BCUT2D eigenvalue weighted by molar-refractivity contribution is 5.74. The van der Waals surface area contributed by atoms with Gasteiger partial charge in [-0.3, -0.25) is 10.1 Å². The van der Waals surface area contributed by atoms with Gasteiger partial charge in [-0.15, -0.1) is 0 Å². The average Bonchev–Trinajstić information content (AvgIpc) is 3.00. The molecule has 22 heavy (non-hydrogen) atoms. The molecule has 1 aromatic carbocycles. The first-order chi connectivity index (χ1) is 10.5. The zero-order valence-corrected chi connectivity index (χ0v) is 12.4. The van der Waals surface area contributed by atoms with Crippen molar-refractivity contribution in [2.24, 2.45) is 0 Å². The van der Waals surface area contributed by atoms with E-state index in [2.05, 4.69) is 5.32 Å². The summed E-state index contributed by atoms with van der Waals surface area (Å²) in [5.41, 5.74) is 0.677. The van der Waals surface area contributed by atoms with E-state index in [-0.39, 0.29) is 17.8 Å². The lowest BCUT2D eigenvalue weighted by atomic mass is 10.1. The molecular formula is C15H17N3O4. The molecule has 116 valence electrons. The highest BCUT2D eigenvalue weighted by Crippen LogP contribution is 2.19. The van der Waals surface area contributed by atoms with Gasteiger partial charge in [0.25, 0.3) is 5.69 Å². The van der Waals surface area contributed by atoms with E-state index in [0.29, 0.717) is 17.9 Å². The molecular weight excluding hydrogens is 286 g/mol. The third-order valence-electron chi connectivity index (χ3n) is 3.24. The summed E-state index contributed by atoms with van der Waals surface area (Å²) in [6.07, 6.45) is 1.55. The van der Waals surface area contributed by atoms with E-state index in [1.54, 1.807) is 44.5 Å². The minimum Gasteiger partial charge on any atom is -0.467 e. The van der Waals surface area contributed by atoms with Crippen LogP contribution in [-0.4, -0.2) is 22.9 Å². The molecule has 0 spiro atoms. The Balaban J connectivity index is 1.98. The average molecular weight is 303 g/mol. The van der Waals surface area contributed by atoms with Gasteiger partial charge in [0, 0.05) is 19.2 Å². The lowest BCUT2D eigenvalue weighted by molar-refractivity contribution is -0.384. The fraction of sp³-hybridized carbons (Fsp3) is 0.267. The minimum atomic E-state index is -0.457. The second-order valence-electron chi connectivity index (χ2n) is 4.96. The van der Waals surface area contributed by atoms with E-state index < -0.39 is 4.92 Å². The number of non-ortho nitro benzene ring substituents is 1. The van der Waals surface area contributed by atoms with Crippen molar-refractivity contribution in [2.45, 2.75) is 19.5 Å². The summed E-state index contributed by atoms with van der Waals surface area (Å²) in [5, 5.41) is 13.6. The van der Waals surface area contributed by atoms with Crippen molar-refractivity contribution >= 4 is 11.7 Å². The van der Waals surface area contributed by atoms with Crippen LogP contribution in [0.5, 0.6) is 0 Å². The minimum absolute atomic E-state index is 0.00235. The van der Waals surface area contributed by atoms with Gasteiger partial charge in [-0.2, -0.15) is 0 Å². The Morgan fingerprint density at radius 2 is 2.18 bits per heavy atom. The van der Waals surface area contributed by atoms with Gasteiger partial charge >= 0.3 is 6.03 Å². The van der Waals surface area contributed by atoms with Crippen molar-refractivity contribution in [2.75, 3.05) is 7.05 Å². The fourth-order valence-corrected chi connectivity index (χ4v) is 1.99. The lowest BCUT2D eigenvalue weighted by Gasteiger charge is -2.20. The zero-order chi connectivity index (χ0) is 16.1. The SMILES string of the molecule is C[C@H](NC(=O)N(C)Cc1ccco1)c1cccc([N+](=O)[O-])c1. The molecule has 0 saturated carbocycles. The molecule has 0 saturated heterocycles. The number of furan rings is 1. The van der Waals surface area contributed by atoms with Crippen molar-refractivity contribution in [3.05, 3.63) is 64.1 Å². The number of benzene rings is 1. The van der Waals surface area contributed by atoms with Gasteiger partial charge in [0.2, 0.25) is 0 Å². The van der Waals surface area contributed by atoms with E-state index in [4.69, 9.17) is 4.42 Å². The van der Waals surface area contributed by atoms with Gasteiger partial charge in [0.15, 0.2) is 0 Å². The standard InChI is InChI=1S/C15H17N3O4/c1-11(12-5-3-6-13(9-12)18(20)21)16-15(19)17(2)10-14-7-4-8-22-14/h3-9,11H,10H2,1-2H3,(H,16,19)/t11-/m0/s1. The van der Waals surface area contributed by atoms with E-state index in [1.807, 2.05) is 0 Å². The van der Waals surface area contributed by atoms with Crippen LogP contribution in [0.2, 0.25) is 0 Å². The van der Waals surface area contributed by atoms with Gasteiger partial charge in [0.1, 0.15) is 5.76 Å². The predicted molar refractivity (Wildman–Crippen MR) is 80.2 cm³/mol. The van der Waals surface area contributed by atoms with Crippen molar-refractivity contribution in [3.63, 3.8) is 0 Å². The Morgan fingerprint density at radius 1 is 1.41 bits per heavy atom. The normalized spacial score (nSPS) is 11.7. The molecule has 7 heteroatoms. The van der Waals surface area contributed by atoms with Gasteiger partial charge < -0.3 is 14.6 Å². The first-order valence-electron chi connectivity index (χ1n) is 6.75. The molecule has 1 N–H and O–H groups in total. The van der Waals surface area contributed by atoms with Gasteiger partial charge in [-0.25, -0.2) is 4.79 Å². The Bertz CT molecular complexity index is 655. The highest BCUT2D eigenvalue weighted by atomic mass is 16.6. The molecule has 0 unspecified atom stereocenters. The number of hydrogen-bond donors (Lipinski definition) is 1. The number of urea groups is 1. The molecule has 2 amide bonds. The maximum Gasteiger partial charge on any atom is 0.318 e. The maximum atomic E-state index is 12.1. The van der Waals surface area contributed by atoms with E-state index in [9.17, 15) is 14.9 Å². The number of nitrogens with one attached hydrogen (secondary N) is 1. The Kier molecular flexibility index (Phi) is 4.77. The van der Waals surface area contributed by atoms with Crippen LogP contribution >= 0.6 is 0 Å². The largest absolute Gasteiger partial charge is 0.467 e. The van der Waals surface area contributed by atoms with Gasteiger partial charge in [-0.05, 0) is 24.6 Å². The third-order valence-corrected chi connectivity index (χ3v) is 3.24. The number of nitro benzene ring substituents is 1. The maximum absolute atomic E-state index is 12.1. The number of amides is 2. The van der Waals surface area contributed by atoms with Crippen LogP contribution < -0.4 is 5.32 Å². The lowest BCUT2D eigenvalue weighted by Crippen LogP contribution is -2.38. The number of carbonyl (C=O) groups is 1. The molecule has 1 atom stereocenters. The highest BCUT2D eigenvalue weighted by Gasteiger charge is 2.16. The van der Waals surface area contributed by atoms with Crippen LogP contribution in [-0.2, 0) is 6.54 Å². The van der Waals surface area contributed by atoms with Crippen molar-refractivity contribution in [3.8, 4) is 0 Å². The summed E-state index contributed by atoms with van der Waals surface area (Å²) >= 11 is 0. The summed E-state index contributed by atoms with van der Waals surface area (Å²) in [6.45, 7) is 2.12. The van der Waals surface area contributed by atoms with Crippen LogP contribution in [0.3, 0.4) is 0 Å². The summed E-state index contributed by atoms with van der Waals surface area (Å²) in [7, 11) is 1.65. The topological polar surface area (TPSA) is 88.6 Å². The molecule has 0 fully saturated rings. The molecule has 0 aliphatic carbocycles. The Labute approximate surface area is 127 Å². The quantitative estimate of drug-likeness (QED) is 0.679. The molecule has 1 heterocycles. The first kappa shape index (κ1) is 15.6.